The molecular weight excluding hydrogens is 324 g/mol. The van der Waals surface area contributed by atoms with Gasteiger partial charge in [-0.05, 0) is 31.0 Å². The average Bonchev–Trinajstić information content (AvgIpc) is 2.55. The number of fused-ring (bicyclic) bond motifs is 1. The highest BCUT2D eigenvalue weighted by atomic mass is 16.5. The van der Waals surface area contributed by atoms with Crippen LogP contribution in [-0.2, 0) is 0 Å². The van der Waals surface area contributed by atoms with Crippen molar-refractivity contribution in [3.05, 3.63) is 47.0 Å². The van der Waals surface area contributed by atoms with Gasteiger partial charge in [0.05, 0.1) is 5.56 Å². The van der Waals surface area contributed by atoms with Gasteiger partial charge in [0.25, 0.3) is 0 Å². The number of benzene rings is 2. The van der Waals surface area contributed by atoms with Crippen molar-refractivity contribution < 1.29 is 30.3 Å². The highest BCUT2D eigenvalue weighted by molar-refractivity contribution is 5.73. The van der Waals surface area contributed by atoms with Crippen molar-refractivity contribution in [3.8, 4) is 28.7 Å². The molecule has 1 heterocycles. The van der Waals surface area contributed by atoms with Gasteiger partial charge >= 0.3 is 0 Å². The second kappa shape index (κ2) is 6.57. The van der Waals surface area contributed by atoms with Gasteiger partial charge in [-0.15, -0.1) is 0 Å². The van der Waals surface area contributed by atoms with Crippen molar-refractivity contribution >= 4 is 5.76 Å². The van der Waals surface area contributed by atoms with Crippen LogP contribution in [0.4, 0.5) is 0 Å². The summed E-state index contributed by atoms with van der Waals surface area (Å²) in [6.07, 6.45) is 1.15. The number of aliphatic hydroxyl groups excluding tert-OH is 1. The largest absolute Gasteiger partial charge is 0.508 e. The molecule has 0 aromatic heterocycles. The van der Waals surface area contributed by atoms with E-state index in [0.717, 1.165) is 18.9 Å². The molecule has 0 radical (unpaired) electrons. The quantitative estimate of drug-likeness (QED) is 0.543. The van der Waals surface area contributed by atoms with Gasteiger partial charge in [-0.1, -0.05) is 13.3 Å². The third kappa shape index (κ3) is 3.08. The predicted molar refractivity (Wildman–Crippen MR) is 91.6 cm³/mol. The number of unbranched alkanes of at least 4 members (excludes halogenated alkanes) is 1. The summed E-state index contributed by atoms with van der Waals surface area (Å²) in [5.74, 6) is -0.506. The first-order chi connectivity index (χ1) is 11.9. The standard InChI is InChI=1S/C19H20O6/c1-2-3-4-12-18(24)17-15(23)8-11(20)9-16(17)25-19(12)10-5-6-13(21)14(22)7-10/h5-9,18,20-24H,2-4H2,1H3. The van der Waals surface area contributed by atoms with E-state index in [-0.39, 0.29) is 34.3 Å². The molecule has 2 aromatic carbocycles. The van der Waals surface area contributed by atoms with Gasteiger partial charge in [0.2, 0.25) is 0 Å². The Morgan fingerprint density at radius 2 is 1.72 bits per heavy atom. The summed E-state index contributed by atoms with van der Waals surface area (Å²) in [4.78, 5) is 0. The second-order valence-corrected chi connectivity index (χ2v) is 6.04. The zero-order valence-electron chi connectivity index (χ0n) is 13.7. The summed E-state index contributed by atoms with van der Waals surface area (Å²) in [6, 6.07) is 6.71. The van der Waals surface area contributed by atoms with Gasteiger partial charge in [-0.3, -0.25) is 0 Å². The van der Waals surface area contributed by atoms with Crippen LogP contribution in [0.3, 0.4) is 0 Å². The number of aliphatic hydroxyl groups is 1. The Kier molecular flexibility index (Phi) is 4.46. The molecule has 2 aromatic rings. The Bertz CT molecular complexity index is 840. The van der Waals surface area contributed by atoms with Gasteiger partial charge in [-0.2, -0.15) is 0 Å². The highest BCUT2D eigenvalue weighted by Crippen LogP contribution is 2.48. The Morgan fingerprint density at radius 3 is 2.40 bits per heavy atom. The smallest absolute Gasteiger partial charge is 0.158 e. The van der Waals surface area contributed by atoms with Crippen LogP contribution >= 0.6 is 0 Å². The molecule has 132 valence electrons. The van der Waals surface area contributed by atoms with Gasteiger partial charge in [-0.25, -0.2) is 0 Å². The van der Waals surface area contributed by atoms with Crippen molar-refractivity contribution in [2.45, 2.75) is 32.3 Å². The maximum absolute atomic E-state index is 10.8. The molecule has 1 aliphatic rings. The van der Waals surface area contributed by atoms with E-state index < -0.39 is 6.10 Å². The van der Waals surface area contributed by atoms with E-state index in [1.165, 1.54) is 18.2 Å². The van der Waals surface area contributed by atoms with Crippen LogP contribution in [0.1, 0.15) is 43.4 Å². The van der Waals surface area contributed by atoms with Crippen molar-refractivity contribution in [1.82, 2.24) is 0 Å². The molecule has 25 heavy (non-hydrogen) atoms. The number of hydrogen-bond donors (Lipinski definition) is 5. The minimum atomic E-state index is -1.10. The lowest BCUT2D eigenvalue weighted by atomic mass is 9.90. The fourth-order valence-corrected chi connectivity index (χ4v) is 2.96. The van der Waals surface area contributed by atoms with E-state index in [1.54, 1.807) is 6.07 Å². The lowest BCUT2D eigenvalue weighted by Crippen LogP contribution is -2.15. The van der Waals surface area contributed by atoms with E-state index in [9.17, 15) is 25.5 Å². The first-order valence-corrected chi connectivity index (χ1v) is 8.09. The molecule has 1 unspecified atom stereocenters. The summed E-state index contributed by atoms with van der Waals surface area (Å²) >= 11 is 0. The number of phenols is 4. The van der Waals surface area contributed by atoms with Crippen molar-refractivity contribution in [2.24, 2.45) is 0 Å². The third-order valence-electron chi connectivity index (χ3n) is 4.25. The number of phenolic OH excluding ortho intramolecular Hbond substituents is 4. The second-order valence-electron chi connectivity index (χ2n) is 6.04. The molecule has 0 aliphatic carbocycles. The molecule has 0 fully saturated rings. The molecule has 0 saturated heterocycles. The Balaban J connectivity index is 2.15. The van der Waals surface area contributed by atoms with Crippen LogP contribution in [0, 0.1) is 0 Å². The molecule has 6 heteroatoms. The van der Waals surface area contributed by atoms with Crippen LogP contribution in [0.5, 0.6) is 28.7 Å². The normalized spacial score (nSPS) is 16.5. The predicted octanol–water partition coefficient (Wildman–Crippen LogP) is 3.54. The minimum absolute atomic E-state index is 0.146. The molecule has 0 saturated carbocycles. The summed E-state index contributed by atoms with van der Waals surface area (Å²) in [5.41, 5.74) is 1.25. The van der Waals surface area contributed by atoms with Gasteiger partial charge < -0.3 is 30.3 Å². The topological polar surface area (TPSA) is 110 Å². The van der Waals surface area contributed by atoms with Crippen LogP contribution in [-0.4, -0.2) is 25.5 Å². The van der Waals surface area contributed by atoms with Gasteiger partial charge in [0, 0.05) is 23.3 Å². The third-order valence-corrected chi connectivity index (χ3v) is 4.25. The summed E-state index contributed by atoms with van der Waals surface area (Å²) in [5, 5.41) is 49.8. The van der Waals surface area contributed by atoms with Crippen LogP contribution in [0.15, 0.2) is 35.9 Å². The molecular formula is C19H20O6. The van der Waals surface area contributed by atoms with Gasteiger partial charge in [0.15, 0.2) is 11.5 Å². The molecule has 1 aliphatic heterocycles. The fourth-order valence-electron chi connectivity index (χ4n) is 2.96. The molecule has 5 N–H and O–H groups in total. The lowest BCUT2D eigenvalue weighted by molar-refractivity contribution is 0.192. The number of aromatic hydroxyl groups is 4. The molecule has 0 amide bonds. The highest BCUT2D eigenvalue weighted by Gasteiger charge is 2.32. The van der Waals surface area contributed by atoms with E-state index in [1.807, 2.05) is 6.92 Å². The van der Waals surface area contributed by atoms with Crippen LogP contribution < -0.4 is 4.74 Å². The van der Waals surface area contributed by atoms with E-state index in [4.69, 9.17) is 4.74 Å². The maximum Gasteiger partial charge on any atom is 0.158 e. The summed E-state index contributed by atoms with van der Waals surface area (Å²) in [6.45, 7) is 2.02. The SMILES string of the molecule is CCCCC1=C(c2ccc(O)c(O)c2)Oc2cc(O)cc(O)c2C1O. The fraction of sp³-hybridized carbons (Fsp3) is 0.263. The van der Waals surface area contributed by atoms with E-state index in [2.05, 4.69) is 0 Å². The summed E-state index contributed by atoms with van der Waals surface area (Å²) in [7, 11) is 0. The van der Waals surface area contributed by atoms with Crippen molar-refractivity contribution in [1.29, 1.82) is 0 Å². The average molecular weight is 344 g/mol. The molecule has 3 rings (SSSR count). The number of rotatable bonds is 4. The van der Waals surface area contributed by atoms with Crippen LogP contribution in [0.25, 0.3) is 5.76 Å². The van der Waals surface area contributed by atoms with Crippen molar-refractivity contribution in [3.63, 3.8) is 0 Å². The minimum Gasteiger partial charge on any atom is -0.508 e. The Morgan fingerprint density at radius 1 is 0.960 bits per heavy atom. The Hall–Kier alpha value is -2.86. The Labute approximate surface area is 144 Å². The van der Waals surface area contributed by atoms with Gasteiger partial charge in [0.1, 0.15) is 29.1 Å². The zero-order chi connectivity index (χ0) is 18.1. The maximum atomic E-state index is 10.8. The number of hydrogen-bond acceptors (Lipinski definition) is 6. The van der Waals surface area contributed by atoms with E-state index in [0.29, 0.717) is 23.3 Å². The van der Waals surface area contributed by atoms with E-state index >= 15 is 0 Å². The molecule has 6 nitrogen and oxygen atoms in total. The van der Waals surface area contributed by atoms with Crippen LogP contribution in [0.2, 0.25) is 0 Å². The first-order valence-electron chi connectivity index (χ1n) is 8.09. The molecule has 0 bridgehead atoms. The molecule has 0 spiro atoms. The monoisotopic (exact) mass is 344 g/mol. The van der Waals surface area contributed by atoms with Crippen molar-refractivity contribution in [2.75, 3.05) is 0 Å². The number of ether oxygens (including phenoxy) is 1. The summed E-state index contributed by atoms with van der Waals surface area (Å²) < 4.78 is 5.86. The first kappa shape index (κ1) is 17.0. The molecule has 1 atom stereocenters. The lowest BCUT2D eigenvalue weighted by Gasteiger charge is -2.29. The zero-order valence-corrected chi connectivity index (χ0v) is 13.7.